The summed E-state index contributed by atoms with van der Waals surface area (Å²) in [7, 11) is 0. The van der Waals surface area contributed by atoms with Crippen LogP contribution in [-0.4, -0.2) is 33.8 Å². The Morgan fingerprint density at radius 2 is 1.83 bits per heavy atom. The minimum atomic E-state index is 0.0496. The molecule has 0 spiro atoms. The van der Waals surface area contributed by atoms with Gasteiger partial charge in [0, 0.05) is 19.2 Å². The summed E-state index contributed by atoms with van der Waals surface area (Å²) < 4.78 is 1.99. The van der Waals surface area contributed by atoms with Crippen molar-refractivity contribution in [2.75, 3.05) is 18.4 Å². The highest BCUT2D eigenvalue weighted by Gasteiger charge is 2.47. The molecule has 5 nitrogen and oxygen atoms in total. The Labute approximate surface area is 143 Å². The molecule has 4 aliphatic carbocycles. The number of nitrogens with one attached hydrogen (secondary N) is 1. The number of allylic oxidation sites excluding steroid dienone is 2. The monoisotopic (exact) mass is 326 g/mol. The van der Waals surface area contributed by atoms with E-state index in [1.165, 1.54) is 25.7 Å². The molecule has 1 aliphatic heterocycles. The molecular formula is C19H26N4O. The van der Waals surface area contributed by atoms with Crippen molar-refractivity contribution in [3.8, 4) is 0 Å². The highest BCUT2D eigenvalue weighted by Crippen LogP contribution is 2.48. The van der Waals surface area contributed by atoms with Gasteiger partial charge in [-0.15, -0.1) is 0 Å². The zero-order valence-corrected chi connectivity index (χ0v) is 14.3. The van der Waals surface area contributed by atoms with Crippen molar-refractivity contribution < 1.29 is 4.79 Å². The molecule has 2 amide bonds. The van der Waals surface area contributed by atoms with Crippen LogP contribution in [0.3, 0.4) is 0 Å². The van der Waals surface area contributed by atoms with E-state index >= 15 is 0 Å². The maximum atomic E-state index is 12.8. The lowest BCUT2D eigenvalue weighted by Crippen LogP contribution is -2.35. The molecule has 2 bridgehead atoms. The summed E-state index contributed by atoms with van der Waals surface area (Å²) in [5.41, 5.74) is 0. The molecule has 1 N–H and O–H groups in total. The number of aromatic nitrogens is 2. The molecule has 3 fully saturated rings. The lowest BCUT2D eigenvalue weighted by molar-refractivity contribution is 0.169. The van der Waals surface area contributed by atoms with Gasteiger partial charge in [-0.25, -0.2) is 9.48 Å². The lowest BCUT2D eigenvalue weighted by atomic mass is 9.64. The van der Waals surface area contributed by atoms with Gasteiger partial charge in [0.1, 0.15) is 5.82 Å². The first-order valence-electron chi connectivity index (χ1n) is 9.48. The average Bonchev–Trinajstić information content (AvgIpc) is 3.17. The Morgan fingerprint density at radius 3 is 2.42 bits per heavy atom. The van der Waals surface area contributed by atoms with Crippen molar-refractivity contribution in [1.82, 2.24) is 14.7 Å². The molecule has 0 aromatic carbocycles. The highest BCUT2D eigenvalue weighted by atomic mass is 16.2. The predicted octanol–water partition coefficient (Wildman–Crippen LogP) is 3.53. The zero-order valence-electron chi connectivity index (χ0n) is 14.3. The van der Waals surface area contributed by atoms with E-state index in [2.05, 4.69) is 29.5 Å². The van der Waals surface area contributed by atoms with Gasteiger partial charge in [0.25, 0.3) is 0 Å². The van der Waals surface area contributed by atoms with Crippen LogP contribution in [0.25, 0.3) is 0 Å². The minimum Gasteiger partial charge on any atom is -0.324 e. The Kier molecular flexibility index (Phi) is 3.25. The molecule has 5 heteroatoms. The summed E-state index contributed by atoms with van der Waals surface area (Å²) in [6, 6.07) is 2.34. The van der Waals surface area contributed by atoms with Crippen LogP contribution in [-0.2, 0) is 0 Å². The normalized spacial score (nSPS) is 35.1. The van der Waals surface area contributed by atoms with Gasteiger partial charge in [-0.1, -0.05) is 12.2 Å². The molecule has 1 aromatic rings. The molecule has 2 heterocycles. The molecule has 5 aliphatic rings. The zero-order chi connectivity index (χ0) is 16.3. The molecule has 2 saturated carbocycles. The van der Waals surface area contributed by atoms with Gasteiger partial charge in [-0.2, -0.15) is 5.10 Å². The van der Waals surface area contributed by atoms with Crippen LogP contribution in [0.1, 0.15) is 38.6 Å². The van der Waals surface area contributed by atoms with Crippen LogP contribution in [0.15, 0.2) is 24.4 Å². The largest absolute Gasteiger partial charge is 0.324 e. The van der Waals surface area contributed by atoms with Crippen molar-refractivity contribution >= 4 is 11.8 Å². The second kappa shape index (κ2) is 5.36. The Bertz CT molecular complexity index is 655. The number of carbonyl (C=O) groups is 1. The van der Waals surface area contributed by atoms with Crippen molar-refractivity contribution in [3.63, 3.8) is 0 Å². The van der Waals surface area contributed by atoms with E-state index in [0.29, 0.717) is 29.7 Å². The Balaban J connectivity index is 1.28. The van der Waals surface area contributed by atoms with E-state index in [1.54, 1.807) is 6.20 Å². The quantitative estimate of drug-likeness (QED) is 0.864. The highest BCUT2D eigenvalue weighted by molar-refractivity contribution is 5.88. The molecule has 1 saturated heterocycles. The molecule has 24 heavy (non-hydrogen) atoms. The molecule has 6 rings (SSSR count). The van der Waals surface area contributed by atoms with Gasteiger partial charge in [-0.3, -0.25) is 5.32 Å². The maximum absolute atomic E-state index is 12.8. The molecule has 0 radical (unpaired) electrons. The smallest absolute Gasteiger partial charge is 0.323 e. The van der Waals surface area contributed by atoms with Crippen LogP contribution < -0.4 is 5.32 Å². The number of hydrogen-bond acceptors (Lipinski definition) is 2. The van der Waals surface area contributed by atoms with Gasteiger partial charge in [0.15, 0.2) is 0 Å². The van der Waals surface area contributed by atoms with Crippen LogP contribution in [0.4, 0.5) is 10.6 Å². The second-order valence-corrected chi connectivity index (χ2v) is 8.19. The molecule has 128 valence electrons. The van der Waals surface area contributed by atoms with Gasteiger partial charge >= 0.3 is 6.03 Å². The van der Waals surface area contributed by atoms with E-state index in [9.17, 15) is 4.79 Å². The third-order valence-corrected chi connectivity index (χ3v) is 6.83. The van der Waals surface area contributed by atoms with E-state index in [0.717, 1.165) is 24.8 Å². The van der Waals surface area contributed by atoms with Crippen molar-refractivity contribution in [3.05, 3.63) is 24.4 Å². The Morgan fingerprint density at radius 1 is 1.17 bits per heavy atom. The number of urea groups is 1. The third-order valence-electron chi connectivity index (χ3n) is 6.83. The second-order valence-electron chi connectivity index (χ2n) is 8.19. The SMILES string of the molecule is CC(C1CC1)n1nccc1NC(=O)N1CC2C3C=CC(CC3)C2C1. The molecular weight excluding hydrogens is 300 g/mol. The summed E-state index contributed by atoms with van der Waals surface area (Å²) in [6.07, 6.45) is 11.8. The van der Waals surface area contributed by atoms with E-state index in [-0.39, 0.29) is 6.03 Å². The Hall–Kier alpha value is -1.78. The topological polar surface area (TPSA) is 50.2 Å². The van der Waals surface area contributed by atoms with Crippen molar-refractivity contribution in [2.24, 2.45) is 29.6 Å². The van der Waals surface area contributed by atoms with E-state index < -0.39 is 0 Å². The summed E-state index contributed by atoms with van der Waals surface area (Å²) in [4.78, 5) is 14.8. The molecule has 5 atom stereocenters. The lowest BCUT2D eigenvalue weighted by Gasteiger charge is -2.40. The first kappa shape index (κ1) is 14.6. The minimum absolute atomic E-state index is 0.0496. The number of carbonyl (C=O) groups excluding carboxylic acids is 1. The van der Waals surface area contributed by atoms with Crippen LogP contribution in [0.5, 0.6) is 0 Å². The van der Waals surface area contributed by atoms with Crippen LogP contribution >= 0.6 is 0 Å². The first-order chi connectivity index (χ1) is 11.7. The fourth-order valence-corrected chi connectivity index (χ4v) is 5.21. The van der Waals surface area contributed by atoms with Crippen molar-refractivity contribution in [2.45, 2.75) is 38.6 Å². The average molecular weight is 326 g/mol. The van der Waals surface area contributed by atoms with Gasteiger partial charge in [0.2, 0.25) is 0 Å². The predicted molar refractivity (Wildman–Crippen MR) is 92.6 cm³/mol. The van der Waals surface area contributed by atoms with Crippen LogP contribution in [0.2, 0.25) is 0 Å². The fraction of sp³-hybridized carbons (Fsp3) is 0.684. The van der Waals surface area contributed by atoms with Gasteiger partial charge in [-0.05, 0) is 62.2 Å². The van der Waals surface area contributed by atoms with E-state index in [4.69, 9.17) is 0 Å². The third kappa shape index (κ3) is 2.28. The number of likely N-dealkylation sites (tertiary alicyclic amines) is 1. The summed E-state index contributed by atoms with van der Waals surface area (Å²) in [5.74, 6) is 4.30. The number of hydrogen-bond donors (Lipinski definition) is 1. The molecule has 5 unspecified atom stereocenters. The summed E-state index contributed by atoms with van der Waals surface area (Å²) >= 11 is 0. The number of nitrogens with zero attached hydrogens (tertiary/aromatic N) is 3. The van der Waals surface area contributed by atoms with Crippen molar-refractivity contribution in [1.29, 1.82) is 0 Å². The fourth-order valence-electron chi connectivity index (χ4n) is 5.21. The molecule has 1 aromatic heterocycles. The number of anilines is 1. The first-order valence-corrected chi connectivity index (χ1v) is 9.48. The number of fused-ring (bicyclic) bond motifs is 1. The van der Waals surface area contributed by atoms with E-state index in [1.807, 2.05) is 15.6 Å². The summed E-state index contributed by atoms with van der Waals surface area (Å²) in [5, 5.41) is 7.56. The number of rotatable bonds is 3. The standard InChI is InChI=1S/C19H26N4O/c1-12(13-2-3-13)23-18(8-9-20-23)21-19(24)22-10-16-14-4-5-15(7-6-14)17(16)11-22/h4-5,8-9,12-17H,2-3,6-7,10-11H2,1H3,(H,21,24). The maximum Gasteiger partial charge on any atom is 0.323 e. The van der Waals surface area contributed by atoms with Crippen LogP contribution in [0, 0.1) is 29.6 Å². The number of amides is 2. The summed E-state index contributed by atoms with van der Waals surface area (Å²) in [6.45, 7) is 4.02. The van der Waals surface area contributed by atoms with Gasteiger partial charge < -0.3 is 4.90 Å². The van der Waals surface area contributed by atoms with Gasteiger partial charge in [0.05, 0.1) is 12.2 Å².